The van der Waals surface area contributed by atoms with Gasteiger partial charge in [-0.2, -0.15) is 0 Å². The SMILES string of the molecule is CC(C)N(CC(C(=O)N1CCN(c2c(Br)cnc3[nH]ccc23)CC1)c1ccc(Cl)cc1)C(=O)OC(C)(C)C. The van der Waals surface area contributed by atoms with E-state index in [1.807, 2.05) is 63.9 Å². The van der Waals surface area contributed by atoms with E-state index >= 15 is 0 Å². The van der Waals surface area contributed by atoms with Gasteiger partial charge >= 0.3 is 6.09 Å². The topological polar surface area (TPSA) is 81.8 Å². The maximum Gasteiger partial charge on any atom is 0.410 e. The minimum absolute atomic E-state index is 0.0123. The lowest BCUT2D eigenvalue weighted by atomic mass is 9.96. The standard InChI is InChI=1S/C28H35BrClN5O3/c1-18(2)35(27(37)38-28(3,4)5)17-22(19-6-8-20(30)9-7-19)26(36)34-14-12-33(13-15-34)24-21-10-11-31-25(21)32-16-23(24)29/h6-11,16,18,22H,12-15,17H2,1-5H3,(H,31,32). The first-order valence-corrected chi connectivity index (χ1v) is 14.0. The Morgan fingerprint density at radius 2 is 1.79 bits per heavy atom. The number of halogens is 2. The Morgan fingerprint density at radius 3 is 2.39 bits per heavy atom. The summed E-state index contributed by atoms with van der Waals surface area (Å²) >= 11 is 9.81. The van der Waals surface area contributed by atoms with Crippen molar-refractivity contribution in [3.8, 4) is 0 Å². The average Bonchev–Trinajstić information content (AvgIpc) is 3.32. The number of ether oxygens (including phenoxy) is 1. The van der Waals surface area contributed by atoms with Crippen LogP contribution in [0.3, 0.4) is 0 Å². The van der Waals surface area contributed by atoms with Gasteiger partial charge in [-0.15, -0.1) is 0 Å². The van der Waals surface area contributed by atoms with Gasteiger partial charge in [0.1, 0.15) is 11.2 Å². The molecule has 1 unspecified atom stereocenters. The van der Waals surface area contributed by atoms with Crippen LogP contribution in [0, 0.1) is 0 Å². The largest absolute Gasteiger partial charge is 0.444 e. The molecule has 38 heavy (non-hydrogen) atoms. The van der Waals surface area contributed by atoms with E-state index in [1.54, 1.807) is 23.2 Å². The van der Waals surface area contributed by atoms with Gasteiger partial charge in [0.2, 0.25) is 5.91 Å². The molecule has 8 nitrogen and oxygen atoms in total. The molecule has 2 amide bonds. The van der Waals surface area contributed by atoms with Crippen molar-refractivity contribution in [1.82, 2.24) is 19.8 Å². The minimum Gasteiger partial charge on any atom is -0.444 e. The van der Waals surface area contributed by atoms with E-state index in [2.05, 4.69) is 30.8 Å². The van der Waals surface area contributed by atoms with Gasteiger partial charge in [-0.3, -0.25) is 4.79 Å². The van der Waals surface area contributed by atoms with Gasteiger partial charge in [0.25, 0.3) is 0 Å². The third kappa shape index (κ3) is 6.43. The molecular weight excluding hydrogens is 570 g/mol. The van der Waals surface area contributed by atoms with Crippen molar-refractivity contribution in [2.45, 2.75) is 52.2 Å². The zero-order valence-electron chi connectivity index (χ0n) is 22.5. The normalized spacial score (nSPS) is 15.2. The van der Waals surface area contributed by atoms with Crippen molar-refractivity contribution >= 4 is 56.3 Å². The predicted molar refractivity (Wildman–Crippen MR) is 155 cm³/mol. The molecule has 1 N–H and O–H groups in total. The summed E-state index contributed by atoms with van der Waals surface area (Å²) < 4.78 is 6.59. The maximum absolute atomic E-state index is 14.0. The maximum atomic E-state index is 14.0. The van der Waals surface area contributed by atoms with E-state index in [0.717, 1.165) is 26.8 Å². The number of pyridine rings is 1. The Bertz CT molecular complexity index is 1280. The number of hydrogen-bond donors (Lipinski definition) is 1. The van der Waals surface area contributed by atoms with Crippen LogP contribution >= 0.6 is 27.5 Å². The molecule has 2 aromatic heterocycles. The molecule has 204 valence electrons. The molecule has 1 aromatic carbocycles. The van der Waals surface area contributed by atoms with Gasteiger partial charge in [-0.1, -0.05) is 23.7 Å². The van der Waals surface area contributed by atoms with Gasteiger partial charge < -0.3 is 24.4 Å². The van der Waals surface area contributed by atoms with Crippen molar-refractivity contribution in [3.05, 3.63) is 57.8 Å². The molecule has 0 aliphatic carbocycles. The van der Waals surface area contributed by atoms with Crippen molar-refractivity contribution in [2.75, 3.05) is 37.6 Å². The number of carbonyl (C=O) groups excluding carboxylic acids is 2. The number of piperazine rings is 1. The second-order valence-electron chi connectivity index (χ2n) is 10.8. The second kappa shape index (κ2) is 11.5. The van der Waals surface area contributed by atoms with E-state index in [9.17, 15) is 9.59 Å². The Labute approximate surface area is 237 Å². The molecule has 1 aliphatic heterocycles. The third-order valence-electron chi connectivity index (χ3n) is 6.62. The number of hydrogen-bond acceptors (Lipinski definition) is 5. The van der Waals surface area contributed by atoms with Crippen molar-refractivity contribution in [2.24, 2.45) is 0 Å². The van der Waals surface area contributed by atoms with Crippen molar-refractivity contribution in [3.63, 3.8) is 0 Å². The summed E-state index contributed by atoms with van der Waals surface area (Å²) in [6.45, 7) is 12.1. The molecule has 0 bridgehead atoms. The van der Waals surface area contributed by atoms with Gasteiger partial charge in [-0.25, -0.2) is 9.78 Å². The van der Waals surface area contributed by atoms with Crippen LogP contribution in [0.25, 0.3) is 11.0 Å². The van der Waals surface area contributed by atoms with Crippen molar-refractivity contribution in [1.29, 1.82) is 0 Å². The summed E-state index contributed by atoms with van der Waals surface area (Å²) in [6, 6.07) is 9.18. The van der Waals surface area contributed by atoms with E-state index in [4.69, 9.17) is 16.3 Å². The highest BCUT2D eigenvalue weighted by Gasteiger charge is 2.34. The first-order chi connectivity index (χ1) is 17.9. The molecule has 10 heteroatoms. The third-order valence-corrected chi connectivity index (χ3v) is 7.45. The van der Waals surface area contributed by atoms with Crippen LogP contribution in [-0.4, -0.2) is 76.1 Å². The van der Waals surface area contributed by atoms with E-state index in [-0.39, 0.29) is 18.5 Å². The Balaban J connectivity index is 1.55. The number of nitrogens with one attached hydrogen (secondary N) is 1. The number of benzene rings is 1. The summed E-state index contributed by atoms with van der Waals surface area (Å²) in [5, 5.41) is 1.64. The number of fused-ring (bicyclic) bond motifs is 1. The number of H-pyrrole nitrogens is 1. The molecule has 3 aromatic rings. The summed E-state index contributed by atoms with van der Waals surface area (Å²) in [5.74, 6) is -0.556. The first kappa shape index (κ1) is 28.2. The first-order valence-electron chi connectivity index (χ1n) is 12.8. The average molecular weight is 605 g/mol. The monoisotopic (exact) mass is 603 g/mol. The molecule has 1 atom stereocenters. The highest BCUT2D eigenvalue weighted by atomic mass is 79.9. The van der Waals surface area contributed by atoms with Crippen LogP contribution in [0.5, 0.6) is 0 Å². The van der Waals surface area contributed by atoms with E-state index in [0.29, 0.717) is 31.2 Å². The van der Waals surface area contributed by atoms with Crippen LogP contribution in [0.15, 0.2) is 47.2 Å². The molecule has 0 spiro atoms. The number of aromatic amines is 1. The van der Waals surface area contributed by atoms with Crippen LogP contribution in [0.2, 0.25) is 5.02 Å². The lowest BCUT2D eigenvalue weighted by Crippen LogP contribution is -2.52. The highest BCUT2D eigenvalue weighted by molar-refractivity contribution is 9.10. The van der Waals surface area contributed by atoms with Crippen LogP contribution < -0.4 is 4.90 Å². The highest BCUT2D eigenvalue weighted by Crippen LogP contribution is 2.34. The summed E-state index contributed by atoms with van der Waals surface area (Å²) in [7, 11) is 0. The van der Waals surface area contributed by atoms with Crippen LogP contribution in [0.1, 0.15) is 46.1 Å². The molecule has 4 rings (SSSR count). The van der Waals surface area contributed by atoms with E-state index in [1.165, 1.54) is 0 Å². The fourth-order valence-electron chi connectivity index (χ4n) is 4.70. The number of anilines is 1. The van der Waals surface area contributed by atoms with Crippen LogP contribution in [0.4, 0.5) is 10.5 Å². The lowest BCUT2D eigenvalue weighted by Gasteiger charge is -2.39. The summed E-state index contributed by atoms with van der Waals surface area (Å²) in [4.78, 5) is 40.5. The predicted octanol–water partition coefficient (Wildman–Crippen LogP) is 6.06. The lowest BCUT2D eigenvalue weighted by molar-refractivity contribution is -0.133. The Hall–Kier alpha value is -2.78. The van der Waals surface area contributed by atoms with Crippen molar-refractivity contribution < 1.29 is 14.3 Å². The van der Waals surface area contributed by atoms with Gasteiger partial charge in [0.05, 0.1) is 16.1 Å². The van der Waals surface area contributed by atoms with Gasteiger partial charge in [0, 0.05) is 61.6 Å². The van der Waals surface area contributed by atoms with Crippen LogP contribution in [-0.2, 0) is 9.53 Å². The molecule has 0 saturated carbocycles. The minimum atomic E-state index is -0.632. The second-order valence-corrected chi connectivity index (χ2v) is 12.1. The number of amides is 2. The summed E-state index contributed by atoms with van der Waals surface area (Å²) in [6.07, 6.45) is 3.26. The smallest absolute Gasteiger partial charge is 0.410 e. The molecular formula is C28H35BrClN5O3. The number of aromatic nitrogens is 2. The molecule has 1 saturated heterocycles. The Morgan fingerprint density at radius 1 is 1.13 bits per heavy atom. The molecule has 1 fully saturated rings. The number of rotatable bonds is 6. The quantitative estimate of drug-likeness (QED) is 0.370. The molecule has 0 radical (unpaired) electrons. The number of carbonyl (C=O) groups is 2. The number of nitrogens with zero attached hydrogens (tertiary/aromatic N) is 4. The van der Waals surface area contributed by atoms with E-state index < -0.39 is 17.6 Å². The zero-order chi connectivity index (χ0) is 27.6. The fourth-order valence-corrected chi connectivity index (χ4v) is 5.39. The zero-order valence-corrected chi connectivity index (χ0v) is 24.8. The fraction of sp³-hybridized carbons (Fsp3) is 0.464. The summed E-state index contributed by atoms with van der Waals surface area (Å²) in [5.41, 5.74) is 2.10. The molecule has 3 heterocycles. The molecule has 1 aliphatic rings. The van der Waals surface area contributed by atoms with Gasteiger partial charge in [0.15, 0.2) is 0 Å². The van der Waals surface area contributed by atoms with Gasteiger partial charge in [-0.05, 0) is 74.3 Å². The Kier molecular flexibility index (Phi) is 8.57.